The Labute approximate surface area is 188 Å². The highest BCUT2D eigenvalue weighted by Gasteiger charge is 2.40. The van der Waals surface area contributed by atoms with E-state index >= 15 is 0 Å². The van der Waals surface area contributed by atoms with Gasteiger partial charge in [-0.3, -0.25) is 9.69 Å². The Bertz CT molecular complexity index is 533. The van der Waals surface area contributed by atoms with Crippen molar-refractivity contribution >= 4 is 5.91 Å². The van der Waals surface area contributed by atoms with Gasteiger partial charge in [-0.05, 0) is 37.6 Å². The molecule has 1 aliphatic carbocycles. The van der Waals surface area contributed by atoms with Crippen molar-refractivity contribution in [1.29, 1.82) is 0 Å². The summed E-state index contributed by atoms with van der Waals surface area (Å²) in [6.45, 7) is 7.89. The van der Waals surface area contributed by atoms with Crippen LogP contribution in [0.5, 0.6) is 0 Å². The summed E-state index contributed by atoms with van der Waals surface area (Å²) in [7, 11) is 0. The summed E-state index contributed by atoms with van der Waals surface area (Å²) in [5.74, 6) is 0.292. The zero-order chi connectivity index (χ0) is 23.0. The molecule has 1 heterocycles. The van der Waals surface area contributed by atoms with E-state index in [1.807, 2.05) is 4.90 Å². The first kappa shape index (κ1) is 26.5. The van der Waals surface area contributed by atoms with Gasteiger partial charge in [0.25, 0.3) is 0 Å². The van der Waals surface area contributed by atoms with Crippen molar-refractivity contribution in [2.45, 2.75) is 115 Å². The first-order valence-electron chi connectivity index (χ1n) is 12.3. The van der Waals surface area contributed by atoms with E-state index < -0.39 is 24.4 Å². The second-order valence-corrected chi connectivity index (χ2v) is 10.8. The van der Waals surface area contributed by atoms with Crippen molar-refractivity contribution in [1.82, 2.24) is 9.80 Å². The van der Waals surface area contributed by atoms with E-state index in [-0.39, 0.29) is 18.6 Å². The largest absolute Gasteiger partial charge is 0.395 e. The standard InChI is InChI=1S/C24H46N2O5/c1-24(2,3)15-21(29)26(18-11-7-6-8-12-18)14-10-5-4-9-13-25-16-20(28)23(31)22(30)19(25)17-27/h18-20,22-23,27-28,30-31H,4-17H2,1-3H3/t19-,20+,22-,23-/m1/s1. The number of likely N-dealkylation sites (tertiary alicyclic amines) is 1. The van der Waals surface area contributed by atoms with Gasteiger partial charge in [-0.15, -0.1) is 0 Å². The second-order valence-electron chi connectivity index (χ2n) is 10.8. The number of hydrogen-bond donors (Lipinski definition) is 4. The molecule has 7 heteroatoms. The van der Waals surface area contributed by atoms with Gasteiger partial charge in [-0.1, -0.05) is 52.9 Å². The number of carbonyl (C=O) groups excluding carboxylic acids is 1. The van der Waals surface area contributed by atoms with Gasteiger partial charge in [0.2, 0.25) is 5.91 Å². The summed E-state index contributed by atoms with van der Waals surface area (Å²) < 4.78 is 0. The quantitative estimate of drug-likeness (QED) is 0.385. The van der Waals surface area contributed by atoms with E-state index in [1.54, 1.807) is 0 Å². The molecule has 4 N–H and O–H groups in total. The highest BCUT2D eigenvalue weighted by atomic mass is 16.4. The molecule has 7 nitrogen and oxygen atoms in total. The summed E-state index contributed by atoms with van der Waals surface area (Å²) >= 11 is 0. The molecule has 2 rings (SSSR count). The van der Waals surface area contributed by atoms with Crippen LogP contribution >= 0.6 is 0 Å². The minimum absolute atomic E-state index is 0.00436. The Morgan fingerprint density at radius 1 is 0.968 bits per heavy atom. The lowest BCUT2D eigenvalue weighted by molar-refractivity contribution is -0.145. The molecule has 2 fully saturated rings. The molecule has 1 saturated heterocycles. The van der Waals surface area contributed by atoms with Gasteiger partial charge in [-0.2, -0.15) is 0 Å². The third-order valence-electron chi connectivity index (χ3n) is 6.83. The molecule has 0 aromatic rings. The molecule has 2 aliphatic rings. The Balaban J connectivity index is 1.76. The summed E-state index contributed by atoms with van der Waals surface area (Å²) in [5, 5.41) is 39.4. The third-order valence-corrected chi connectivity index (χ3v) is 6.83. The zero-order valence-electron chi connectivity index (χ0n) is 19.9. The molecule has 182 valence electrons. The minimum Gasteiger partial charge on any atom is -0.395 e. The smallest absolute Gasteiger partial charge is 0.223 e. The molecule has 0 bridgehead atoms. The Morgan fingerprint density at radius 3 is 2.23 bits per heavy atom. The fourth-order valence-electron chi connectivity index (χ4n) is 5.04. The number of piperidine rings is 1. The lowest BCUT2D eigenvalue weighted by Gasteiger charge is -2.43. The van der Waals surface area contributed by atoms with E-state index in [9.17, 15) is 25.2 Å². The van der Waals surface area contributed by atoms with E-state index in [0.717, 1.165) is 45.1 Å². The number of amides is 1. The average Bonchev–Trinajstić information content (AvgIpc) is 2.71. The van der Waals surface area contributed by atoms with Crippen molar-refractivity contribution in [3.05, 3.63) is 0 Å². The van der Waals surface area contributed by atoms with Crippen molar-refractivity contribution < 1.29 is 25.2 Å². The number of aliphatic hydroxyl groups excluding tert-OH is 4. The molecule has 0 unspecified atom stereocenters. The van der Waals surface area contributed by atoms with E-state index in [2.05, 4.69) is 25.7 Å². The predicted octanol–water partition coefficient (Wildman–Crippen LogP) is 1.90. The van der Waals surface area contributed by atoms with Crippen LogP contribution in [0, 0.1) is 5.41 Å². The van der Waals surface area contributed by atoms with Crippen LogP contribution < -0.4 is 0 Å². The number of aliphatic hydroxyl groups is 4. The fourth-order valence-corrected chi connectivity index (χ4v) is 5.04. The number of carbonyl (C=O) groups is 1. The van der Waals surface area contributed by atoms with Crippen LogP contribution in [0.15, 0.2) is 0 Å². The first-order valence-corrected chi connectivity index (χ1v) is 12.3. The van der Waals surface area contributed by atoms with Gasteiger partial charge in [0.1, 0.15) is 12.2 Å². The van der Waals surface area contributed by atoms with Crippen LogP contribution in [0.25, 0.3) is 0 Å². The third kappa shape index (κ3) is 8.28. The van der Waals surface area contributed by atoms with Gasteiger partial charge in [-0.25, -0.2) is 0 Å². The summed E-state index contributed by atoms with van der Waals surface area (Å²) in [5.41, 5.74) is 0.00436. The molecule has 1 aliphatic heterocycles. The molecule has 0 aromatic heterocycles. The maximum atomic E-state index is 13.0. The second kappa shape index (κ2) is 12.5. The van der Waals surface area contributed by atoms with Crippen LogP contribution in [-0.2, 0) is 4.79 Å². The van der Waals surface area contributed by atoms with Crippen LogP contribution in [0.3, 0.4) is 0 Å². The number of unbranched alkanes of at least 4 members (excludes halogenated alkanes) is 3. The summed E-state index contributed by atoms with van der Waals surface area (Å²) in [6.07, 6.45) is 7.15. The molecular weight excluding hydrogens is 396 g/mol. The number of hydrogen-bond acceptors (Lipinski definition) is 6. The average molecular weight is 443 g/mol. The monoisotopic (exact) mass is 442 g/mol. The lowest BCUT2D eigenvalue weighted by atomic mass is 9.89. The molecule has 0 radical (unpaired) electrons. The maximum absolute atomic E-state index is 13.0. The summed E-state index contributed by atoms with van der Waals surface area (Å²) in [4.78, 5) is 17.0. The SMILES string of the molecule is CC(C)(C)CC(=O)N(CCCCCCN1C[C@H](O)[C@@H](O)[C@H](O)[C@H]1CO)C1CCCCC1. The lowest BCUT2D eigenvalue weighted by Crippen LogP contribution is -2.62. The Morgan fingerprint density at radius 2 is 1.61 bits per heavy atom. The highest BCUT2D eigenvalue weighted by molar-refractivity contribution is 5.77. The van der Waals surface area contributed by atoms with Gasteiger partial charge in [0, 0.05) is 25.6 Å². The number of nitrogens with zero attached hydrogens (tertiary/aromatic N) is 2. The fraction of sp³-hybridized carbons (Fsp3) is 0.958. The van der Waals surface area contributed by atoms with Crippen molar-refractivity contribution in [3.8, 4) is 0 Å². The minimum atomic E-state index is -1.20. The van der Waals surface area contributed by atoms with E-state index in [0.29, 0.717) is 24.9 Å². The van der Waals surface area contributed by atoms with Crippen LogP contribution in [0.2, 0.25) is 0 Å². The van der Waals surface area contributed by atoms with E-state index in [4.69, 9.17) is 0 Å². The topological polar surface area (TPSA) is 104 Å². The van der Waals surface area contributed by atoms with Gasteiger partial charge in [0.15, 0.2) is 0 Å². The molecular formula is C24H46N2O5. The molecule has 0 aromatic carbocycles. The maximum Gasteiger partial charge on any atom is 0.223 e. The predicted molar refractivity (Wildman–Crippen MR) is 122 cm³/mol. The molecule has 1 saturated carbocycles. The van der Waals surface area contributed by atoms with Crippen molar-refractivity contribution in [3.63, 3.8) is 0 Å². The van der Waals surface area contributed by atoms with Crippen LogP contribution in [0.1, 0.15) is 85.0 Å². The van der Waals surface area contributed by atoms with Gasteiger partial charge >= 0.3 is 0 Å². The first-order chi connectivity index (χ1) is 14.6. The summed E-state index contributed by atoms with van der Waals surface area (Å²) in [6, 6.07) is -0.133. The van der Waals surface area contributed by atoms with Crippen molar-refractivity contribution in [2.24, 2.45) is 5.41 Å². The normalized spacial score (nSPS) is 28.6. The van der Waals surface area contributed by atoms with E-state index in [1.165, 1.54) is 19.3 Å². The van der Waals surface area contributed by atoms with Crippen molar-refractivity contribution in [2.75, 3.05) is 26.2 Å². The van der Waals surface area contributed by atoms with Crippen LogP contribution in [0.4, 0.5) is 0 Å². The van der Waals surface area contributed by atoms with Crippen LogP contribution in [-0.4, -0.2) is 92.8 Å². The Kier molecular flexibility index (Phi) is 10.7. The number of β-amino-alcohol motifs (C(OH)–C–C–N with tert-alkyl or cyclic N) is 1. The molecule has 4 atom stereocenters. The Hall–Kier alpha value is -0.730. The molecule has 31 heavy (non-hydrogen) atoms. The molecule has 1 amide bonds. The van der Waals surface area contributed by atoms with Gasteiger partial charge < -0.3 is 25.3 Å². The number of rotatable bonds is 10. The molecule has 0 spiro atoms. The zero-order valence-corrected chi connectivity index (χ0v) is 19.9. The van der Waals surface area contributed by atoms with Gasteiger partial charge in [0.05, 0.1) is 18.8 Å². The highest BCUT2D eigenvalue weighted by Crippen LogP contribution is 2.27.